The van der Waals surface area contributed by atoms with E-state index in [4.69, 9.17) is 4.74 Å². The van der Waals surface area contributed by atoms with Crippen LogP contribution in [0.3, 0.4) is 0 Å². The largest absolute Gasteiger partial charge is 0.445 e. The average molecular weight is 343 g/mol. The summed E-state index contributed by atoms with van der Waals surface area (Å²) in [7, 11) is 0. The van der Waals surface area contributed by atoms with Crippen LogP contribution in [-0.4, -0.2) is 34.5 Å². The monoisotopic (exact) mass is 343 g/mol. The molecule has 3 atom stereocenters. The number of halogens is 6. The highest BCUT2D eigenvalue weighted by Gasteiger charge is 2.39. The van der Waals surface area contributed by atoms with Crippen LogP contribution >= 0.6 is 0 Å². The van der Waals surface area contributed by atoms with Crippen LogP contribution in [-0.2, 0) is 17.1 Å². The van der Waals surface area contributed by atoms with Crippen molar-refractivity contribution >= 4 is 5.90 Å². The third-order valence-electron chi connectivity index (χ3n) is 3.12. The van der Waals surface area contributed by atoms with Gasteiger partial charge in [0.15, 0.2) is 0 Å². The molecule has 4 nitrogen and oxygen atoms in total. The lowest BCUT2D eigenvalue weighted by atomic mass is 10.0. The minimum Gasteiger partial charge on any atom is -0.445 e. The van der Waals surface area contributed by atoms with E-state index in [0.29, 0.717) is 12.1 Å². The molecule has 0 saturated carbocycles. The molecule has 0 saturated heterocycles. The van der Waals surface area contributed by atoms with Gasteiger partial charge in [0.2, 0.25) is 12.2 Å². The number of aliphatic imine (C=N–C) groups is 1. The molecule has 128 valence electrons. The second-order valence-electron chi connectivity index (χ2n) is 4.97. The standard InChI is InChI=1S/C13H11F6NO3/c1-5(21)9-11(22)23-10(20-9)6-2-7(12(14,15)16)4-8(3-6)13(17,18)19/h2-5,9,11,21-22H,1H3. The SMILES string of the molecule is CC(O)C1N=C(c2cc(C(F)(F)F)cc(C(F)(F)F)c2)OC1O. The van der Waals surface area contributed by atoms with Gasteiger partial charge in [-0.15, -0.1) is 0 Å². The summed E-state index contributed by atoms with van der Waals surface area (Å²) in [5.41, 5.74) is -3.64. The fourth-order valence-corrected chi connectivity index (χ4v) is 1.98. The molecule has 1 aromatic carbocycles. The van der Waals surface area contributed by atoms with Gasteiger partial charge in [-0.25, -0.2) is 4.99 Å². The number of hydrogen-bond donors (Lipinski definition) is 2. The number of nitrogens with zero attached hydrogens (tertiary/aromatic N) is 1. The molecule has 0 amide bonds. The van der Waals surface area contributed by atoms with Crippen LogP contribution in [0.15, 0.2) is 23.2 Å². The van der Waals surface area contributed by atoms with Gasteiger partial charge in [0.1, 0.15) is 6.04 Å². The Morgan fingerprint density at radius 3 is 1.87 bits per heavy atom. The predicted octanol–water partition coefficient (Wildman–Crippen LogP) is 2.57. The molecule has 0 aliphatic carbocycles. The van der Waals surface area contributed by atoms with Crippen molar-refractivity contribution in [3.63, 3.8) is 0 Å². The van der Waals surface area contributed by atoms with Crippen molar-refractivity contribution in [2.75, 3.05) is 0 Å². The number of aliphatic hydroxyl groups is 2. The summed E-state index contributed by atoms with van der Waals surface area (Å²) in [5, 5.41) is 18.9. The molecule has 0 radical (unpaired) electrons. The van der Waals surface area contributed by atoms with Crippen molar-refractivity contribution in [1.29, 1.82) is 0 Å². The minimum atomic E-state index is -5.00. The fourth-order valence-electron chi connectivity index (χ4n) is 1.98. The Bertz CT molecular complexity index is 591. The first-order valence-corrected chi connectivity index (χ1v) is 6.30. The van der Waals surface area contributed by atoms with Crippen LogP contribution < -0.4 is 0 Å². The number of aliphatic hydroxyl groups excluding tert-OH is 2. The normalized spacial score (nSPS) is 23.4. The van der Waals surface area contributed by atoms with E-state index in [2.05, 4.69) is 4.99 Å². The lowest BCUT2D eigenvalue weighted by molar-refractivity contribution is -0.143. The molecule has 1 aliphatic rings. The second-order valence-corrected chi connectivity index (χ2v) is 4.97. The predicted molar refractivity (Wildman–Crippen MR) is 65.5 cm³/mol. The molecule has 1 heterocycles. The number of rotatable bonds is 2. The quantitative estimate of drug-likeness (QED) is 0.812. The van der Waals surface area contributed by atoms with Gasteiger partial charge in [-0.2, -0.15) is 26.3 Å². The van der Waals surface area contributed by atoms with Gasteiger partial charge < -0.3 is 14.9 Å². The zero-order chi connectivity index (χ0) is 17.6. The molecule has 3 unspecified atom stereocenters. The van der Waals surface area contributed by atoms with Crippen LogP contribution in [0.2, 0.25) is 0 Å². The number of ether oxygens (including phenoxy) is 1. The Morgan fingerprint density at radius 2 is 1.52 bits per heavy atom. The summed E-state index contributed by atoms with van der Waals surface area (Å²) in [6.45, 7) is 1.25. The molecule has 0 bridgehead atoms. The van der Waals surface area contributed by atoms with Crippen molar-refractivity contribution in [3.8, 4) is 0 Å². The van der Waals surface area contributed by atoms with Gasteiger partial charge in [0, 0.05) is 5.56 Å². The van der Waals surface area contributed by atoms with Gasteiger partial charge in [-0.1, -0.05) is 0 Å². The minimum absolute atomic E-state index is 0.0262. The Morgan fingerprint density at radius 1 is 1.04 bits per heavy atom. The van der Waals surface area contributed by atoms with Crippen LogP contribution in [0.1, 0.15) is 23.6 Å². The first kappa shape index (κ1) is 17.5. The molecule has 0 aromatic heterocycles. The summed E-state index contributed by atoms with van der Waals surface area (Å²) in [4.78, 5) is 3.64. The van der Waals surface area contributed by atoms with Crippen LogP contribution in [0, 0.1) is 0 Å². The summed E-state index contributed by atoms with van der Waals surface area (Å²) >= 11 is 0. The molecule has 0 fully saturated rings. The van der Waals surface area contributed by atoms with Crippen LogP contribution in [0.5, 0.6) is 0 Å². The van der Waals surface area contributed by atoms with Gasteiger partial charge in [-0.05, 0) is 25.1 Å². The molecule has 2 rings (SSSR count). The van der Waals surface area contributed by atoms with E-state index in [1.165, 1.54) is 6.92 Å². The molecule has 2 N–H and O–H groups in total. The van der Waals surface area contributed by atoms with E-state index in [9.17, 15) is 36.6 Å². The fraction of sp³-hybridized carbons (Fsp3) is 0.462. The Labute approximate surface area is 126 Å². The van der Waals surface area contributed by atoms with Crippen LogP contribution in [0.4, 0.5) is 26.3 Å². The first-order valence-electron chi connectivity index (χ1n) is 6.30. The van der Waals surface area contributed by atoms with E-state index in [1.807, 2.05) is 0 Å². The lowest BCUT2D eigenvalue weighted by Crippen LogP contribution is -2.31. The maximum Gasteiger partial charge on any atom is 0.416 e. The summed E-state index contributed by atoms with van der Waals surface area (Å²) < 4.78 is 81.4. The maximum atomic E-state index is 12.8. The van der Waals surface area contributed by atoms with E-state index in [1.54, 1.807) is 0 Å². The topological polar surface area (TPSA) is 62.1 Å². The van der Waals surface area contributed by atoms with E-state index in [0.717, 1.165) is 0 Å². The molecule has 1 aromatic rings. The zero-order valence-corrected chi connectivity index (χ0v) is 11.5. The highest BCUT2D eigenvalue weighted by Crippen LogP contribution is 2.37. The van der Waals surface area contributed by atoms with E-state index >= 15 is 0 Å². The van der Waals surface area contributed by atoms with Gasteiger partial charge >= 0.3 is 12.4 Å². The van der Waals surface area contributed by atoms with Crippen molar-refractivity contribution < 1.29 is 41.3 Å². The molecular formula is C13H11F6NO3. The lowest BCUT2D eigenvalue weighted by Gasteiger charge is -2.15. The number of alkyl halides is 6. The Kier molecular flexibility index (Phi) is 4.33. The van der Waals surface area contributed by atoms with Crippen molar-refractivity contribution in [1.82, 2.24) is 0 Å². The van der Waals surface area contributed by atoms with Crippen molar-refractivity contribution in [2.45, 2.75) is 37.7 Å². The average Bonchev–Trinajstić information content (AvgIpc) is 2.78. The highest BCUT2D eigenvalue weighted by molar-refractivity contribution is 5.95. The molecular weight excluding hydrogens is 332 g/mol. The molecule has 1 aliphatic heterocycles. The van der Waals surface area contributed by atoms with Crippen LogP contribution in [0.25, 0.3) is 0 Å². The maximum absolute atomic E-state index is 12.8. The van der Waals surface area contributed by atoms with Crippen molar-refractivity contribution in [3.05, 3.63) is 34.9 Å². The van der Waals surface area contributed by atoms with Gasteiger partial charge in [0.25, 0.3) is 0 Å². The number of benzene rings is 1. The molecule has 23 heavy (non-hydrogen) atoms. The molecule has 10 heteroatoms. The van der Waals surface area contributed by atoms with E-state index in [-0.39, 0.29) is 6.07 Å². The summed E-state index contributed by atoms with van der Waals surface area (Å²) in [6, 6.07) is -0.355. The van der Waals surface area contributed by atoms with Gasteiger partial charge in [-0.3, -0.25) is 0 Å². The summed E-state index contributed by atoms with van der Waals surface area (Å²) in [5.74, 6) is -0.597. The smallest absolute Gasteiger partial charge is 0.416 e. The third kappa shape index (κ3) is 3.75. The summed E-state index contributed by atoms with van der Waals surface area (Å²) in [6.07, 6.45) is -12.9. The second kappa shape index (κ2) is 5.68. The third-order valence-corrected chi connectivity index (χ3v) is 3.12. The highest BCUT2D eigenvalue weighted by atomic mass is 19.4. The van der Waals surface area contributed by atoms with E-state index < -0.39 is 53.4 Å². The number of hydrogen-bond acceptors (Lipinski definition) is 4. The Balaban J connectivity index is 2.53. The van der Waals surface area contributed by atoms with Crippen molar-refractivity contribution in [2.24, 2.45) is 4.99 Å². The zero-order valence-electron chi connectivity index (χ0n) is 11.5. The Hall–Kier alpha value is -1.81. The first-order chi connectivity index (χ1) is 10.4. The molecule has 0 spiro atoms. The van der Waals surface area contributed by atoms with Gasteiger partial charge in [0.05, 0.1) is 17.2 Å².